The quantitative estimate of drug-likeness (QED) is 0.386. The minimum absolute atomic E-state index is 0.176. The summed E-state index contributed by atoms with van der Waals surface area (Å²) in [6.45, 7) is 0.878. The van der Waals surface area contributed by atoms with Crippen molar-refractivity contribution < 1.29 is 5.11 Å². The first-order valence-corrected chi connectivity index (χ1v) is 6.72. The van der Waals surface area contributed by atoms with E-state index in [0.29, 0.717) is 13.0 Å². The lowest BCUT2D eigenvalue weighted by Crippen LogP contribution is -2.05. The number of aliphatic hydroxyl groups excluding tert-OH is 1. The van der Waals surface area contributed by atoms with E-state index in [9.17, 15) is 0 Å². The molecule has 4 N–H and O–H groups in total. The summed E-state index contributed by atoms with van der Waals surface area (Å²) in [7, 11) is 0. The number of hydrogen-bond donors (Lipinski definition) is 3. The number of anilines is 2. The first kappa shape index (κ1) is 12.7. The normalized spacial score (nSPS) is 11.1. The van der Waals surface area contributed by atoms with Crippen LogP contribution in [0.3, 0.4) is 0 Å². The van der Waals surface area contributed by atoms with E-state index in [-0.39, 0.29) is 6.61 Å². The molecule has 3 aromatic rings. The van der Waals surface area contributed by atoms with E-state index in [1.54, 1.807) is 0 Å². The Morgan fingerprint density at radius 2 is 1.85 bits per heavy atom. The van der Waals surface area contributed by atoms with Gasteiger partial charge in [-0.1, -0.05) is 24.3 Å². The number of hydrogen-bond acceptors (Lipinski definition) is 4. The highest BCUT2D eigenvalue weighted by atomic mass is 16.3. The maximum absolute atomic E-state index is 8.89. The molecule has 0 aliphatic carbocycles. The van der Waals surface area contributed by atoms with Gasteiger partial charge in [0, 0.05) is 29.6 Å². The molecule has 0 spiro atoms. The zero-order valence-corrected chi connectivity index (χ0v) is 11.1. The van der Waals surface area contributed by atoms with Crippen molar-refractivity contribution in [3.63, 3.8) is 0 Å². The van der Waals surface area contributed by atoms with Crippen LogP contribution in [0.1, 0.15) is 6.42 Å². The van der Waals surface area contributed by atoms with E-state index < -0.39 is 0 Å². The monoisotopic (exact) mass is 267 g/mol. The molecule has 0 aliphatic rings. The number of rotatable bonds is 4. The van der Waals surface area contributed by atoms with Crippen LogP contribution in [0.25, 0.3) is 21.7 Å². The van der Waals surface area contributed by atoms with Crippen molar-refractivity contribution in [1.29, 1.82) is 0 Å². The Labute approximate surface area is 117 Å². The fourth-order valence-corrected chi connectivity index (χ4v) is 2.39. The standard InChI is InChI=1S/C16H17N3O/c17-11-6-7-15-14(10-11)12-4-1-2-5-13(12)16(19-15)18-8-3-9-20/h1-2,4-7,10,20H,3,8-9,17H2,(H,18,19). The minimum Gasteiger partial charge on any atom is -0.399 e. The number of nitrogens with zero attached hydrogens (tertiary/aromatic N) is 1. The summed E-state index contributed by atoms with van der Waals surface area (Å²) in [6.07, 6.45) is 0.704. The maximum atomic E-state index is 8.89. The Morgan fingerprint density at radius 3 is 2.65 bits per heavy atom. The minimum atomic E-state index is 0.176. The molecular formula is C16H17N3O. The third kappa shape index (κ3) is 2.26. The number of nitrogens with one attached hydrogen (secondary N) is 1. The van der Waals surface area contributed by atoms with Crippen LogP contribution in [0.5, 0.6) is 0 Å². The molecule has 0 saturated carbocycles. The molecule has 0 fully saturated rings. The van der Waals surface area contributed by atoms with Crippen molar-refractivity contribution in [2.45, 2.75) is 6.42 Å². The highest BCUT2D eigenvalue weighted by molar-refractivity contribution is 6.10. The fourth-order valence-electron chi connectivity index (χ4n) is 2.39. The number of aromatic nitrogens is 1. The van der Waals surface area contributed by atoms with Crippen molar-refractivity contribution in [3.8, 4) is 0 Å². The van der Waals surface area contributed by atoms with Crippen LogP contribution < -0.4 is 11.1 Å². The summed E-state index contributed by atoms with van der Waals surface area (Å²) in [5.41, 5.74) is 7.54. The zero-order chi connectivity index (χ0) is 13.9. The van der Waals surface area contributed by atoms with Crippen LogP contribution in [-0.2, 0) is 0 Å². The molecule has 20 heavy (non-hydrogen) atoms. The summed E-state index contributed by atoms with van der Waals surface area (Å²) in [4.78, 5) is 4.67. The molecular weight excluding hydrogens is 250 g/mol. The number of benzene rings is 2. The average molecular weight is 267 g/mol. The summed E-state index contributed by atoms with van der Waals surface area (Å²) in [6, 6.07) is 13.9. The molecule has 0 bridgehead atoms. The van der Waals surface area contributed by atoms with Crippen LogP contribution in [0.2, 0.25) is 0 Å². The number of aliphatic hydroxyl groups is 1. The van der Waals surface area contributed by atoms with Crippen LogP contribution in [0.15, 0.2) is 42.5 Å². The van der Waals surface area contributed by atoms with Crippen molar-refractivity contribution in [1.82, 2.24) is 4.98 Å². The summed E-state index contributed by atoms with van der Waals surface area (Å²) >= 11 is 0. The largest absolute Gasteiger partial charge is 0.399 e. The second-order valence-corrected chi connectivity index (χ2v) is 4.79. The van der Waals surface area contributed by atoms with Crippen LogP contribution in [0.4, 0.5) is 11.5 Å². The number of fused-ring (bicyclic) bond motifs is 3. The highest BCUT2D eigenvalue weighted by Gasteiger charge is 2.07. The molecule has 0 saturated heterocycles. The van der Waals surface area contributed by atoms with Gasteiger partial charge < -0.3 is 16.2 Å². The van der Waals surface area contributed by atoms with E-state index in [4.69, 9.17) is 10.8 Å². The molecule has 3 rings (SSSR count). The molecule has 0 amide bonds. The van der Waals surface area contributed by atoms with Gasteiger partial charge in [0.1, 0.15) is 5.82 Å². The average Bonchev–Trinajstić information content (AvgIpc) is 2.48. The summed E-state index contributed by atoms with van der Waals surface area (Å²) in [5, 5.41) is 15.4. The smallest absolute Gasteiger partial charge is 0.134 e. The van der Waals surface area contributed by atoms with E-state index in [0.717, 1.165) is 33.2 Å². The van der Waals surface area contributed by atoms with E-state index >= 15 is 0 Å². The number of nitrogens with two attached hydrogens (primary N) is 1. The number of pyridine rings is 1. The van der Waals surface area contributed by atoms with Crippen molar-refractivity contribution in [2.75, 3.05) is 24.2 Å². The third-order valence-corrected chi connectivity index (χ3v) is 3.35. The molecule has 0 aliphatic heterocycles. The first-order chi connectivity index (χ1) is 9.79. The van der Waals surface area contributed by atoms with Crippen LogP contribution >= 0.6 is 0 Å². The van der Waals surface area contributed by atoms with Gasteiger partial charge in [-0.05, 0) is 30.0 Å². The van der Waals surface area contributed by atoms with Crippen molar-refractivity contribution in [3.05, 3.63) is 42.5 Å². The zero-order valence-electron chi connectivity index (χ0n) is 11.1. The maximum Gasteiger partial charge on any atom is 0.134 e. The fraction of sp³-hybridized carbons (Fsp3) is 0.188. The Balaban J connectivity index is 2.20. The predicted octanol–water partition coefficient (Wildman–Crippen LogP) is 2.76. The second kappa shape index (κ2) is 5.35. The molecule has 1 heterocycles. The summed E-state index contributed by atoms with van der Waals surface area (Å²) in [5.74, 6) is 0.853. The van der Waals surface area contributed by atoms with Gasteiger partial charge in [-0.3, -0.25) is 0 Å². The molecule has 0 atom stereocenters. The van der Waals surface area contributed by atoms with Gasteiger partial charge in [0.15, 0.2) is 0 Å². The van der Waals surface area contributed by atoms with Crippen LogP contribution in [-0.4, -0.2) is 23.2 Å². The van der Waals surface area contributed by atoms with Gasteiger partial charge in [0.2, 0.25) is 0 Å². The van der Waals surface area contributed by atoms with E-state index in [1.165, 1.54) is 0 Å². The molecule has 102 valence electrons. The van der Waals surface area contributed by atoms with Gasteiger partial charge in [0.25, 0.3) is 0 Å². The van der Waals surface area contributed by atoms with Gasteiger partial charge >= 0.3 is 0 Å². The Morgan fingerprint density at radius 1 is 1.05 bits per heavy atom. The van der Waals surface area contributed by atoms with Gasteiger partial charge in [-0.15, -0.1) is 0 Å². The molecule has 0 radical (unpaired) electrons. The highest BCUT2D eigenvalue weighted by Crippen LogP contribution is 2.30. The van der Waals surface area contributed by atoms with Crippen molar-refractivity contribution in [2.24, 2.45) is 0 Å². The third-order valence-electron chi connectivity index (χ3n) is 3.35. The molecule has 4 heteroatoms. The molecule has 4 nitrogen and oxygen atoms in total. The summed E-state index contributed by atoms with van der Waals surface area (Å²) < 4.78 is 0. The predicted molar refractivity (Wildman–Crippen MR) is 83.9 cm³/mol. The van der Waals surface area contributed by atoms with Gasteiger partial charge in [-0.25, -0.2) is 4.98 Å². The van der Waals surface area contributed by atoms with E-state index in [1.807, 2.05) is 36.4 Å². The van der Waals surface area contributed by atoms with Crippen LogP contribution in [0, 0.1) is 0 Å². The number of nitrogen functional groups attached to an aromatic ring is 1. The lowest BCUT2D eigenvalue weighted by molar-refractivity contribution is 0.292. The second-order valence-electron chi connectivity index (χ2n) is 4.79. The Bertz CT molecular complexity index is 755. The Hall–Kier alpha value is -2.33. The van der Waals surface area contributed by atoms with E-state index in [2.05, 4.69) is 16.4 Å². The molecule has 2 aromatic carbocycles. The topological polar surface area (TPSA) is 71.2 Å². The SMILES string of the molecule is Nc1ccc2nc(NCCCO)c3ccccc3c2c1. The molecule has 1 aromatic heterocycles. The molecule has 0 unspecified atom stereocenters. The van der Waals surface area contributed by atoms with Gasteiger partial charge in [-0.2, -0.15) is 0 Å². The van der Waals surface area contributed by atoms with Crippen molar-refractivity contribution >= 4 is 33.2 Å². The van der Waals surface area contributed by atoms with Gasteiger partial charge in [0.05, 0.1) is 5.52 Å². The first-order valence-electron chi connectivity index (χ1n) is 6.72. The lowest BCUT2D eigenvalue weighted by atomic mass is 10.1. The lowest BCUT2D eigenvalue weighted by Gasteiger charge is -2.11. The Kier molecular flexibility index (Phi) is 3.39.